The van der Waals surface area contributed by atoms with Crippen molar-refractivity contribution < 1.29 is 9.90 Å². The second kappa shape index (κ2) is 4.65. The molecule has 3 aromatic rings. The van der Waals surface area contributed by atoms with Gasteiger partial charge in [0.05, 0.1) is 6.20 Å². The number of imidazole rings is 1. The summed E-state index contributed by atoms with van der Waals surface area (Å²) in [5, 5.41) is 13.3. The van der Waals surface area contributed by atoms with Crippen LogP contribution in [0.1, 0.15) is 10.5 Å². The largest absolute Gasteiger partial charge is 0.476 e. The number of hydrogen-bond donors (Lipinski definition) is 1. The van der Waals surface area contributed by atoms with Gasteiger partial charge in [0, 0.05) is 12.7 Å². The summed E-state index contributed by atoms with van der Waals surface area (Å²) in [6.07, 6.45) is 1.40. The van der Waals surface area contributed by atoms with E-state index in [1.807, 2.05) is 42.3 Å². The van der Waals surface area contributed by atoms with Crippen LogP contribution in [0, 0.1) is 0 Å². The fourth-order valence-corrected chi connectivity index (χ4v) is 1.94. The number of nitrogens with zero attached hydrogens (tertiary/aromatic N) is 4. The molecule has 2 aromatic heterocycles. The van der Waals surface area contributed by atoms with E-state index in [1.165, 1.54) is 10.7 Å². The number of rotatable bonds is 3. The average Bonchev–Trinajstić information content (AvgIpc) is 2.90. The Kier molecular flexibility index (Phi) is 2.83. The molecule has 0 saturated heterocycles. The molecule has 0 aliphatic rings. The Morgan fingerprint density at radius 1 is 1.20 bits per heavy atom. The Hall–Kier alpha value is -2.89. The Bertz CT molecular complexity index is 767. The molecule has 0 unspecified atom stereocenters. The lowest BCUT2D eigenvalue weighted by atomic mass is 10.3. The summed E-state index contributed by atoms with van der Waals surface area (Å²) in [6.45, 7) is 0. The first-order chi connectivity index (χ1) is 9.65. The number of anilines is 2. The van der Waals surface area contributed by atoms with Gasteiger partial charge >= 0.3 is 5.97 Å². The zero-order valence-electron chi connectivity index (χ0n) is 10.8. The van der Waals surface area contributed by atoms with Crippen molar-refractivity contribution in [3.63, 3.8) is 0 Å². The molecule has 0 aliphatic heterocycles. The van der Waals surface area contributed by atoms with E-state index in [2.05, 4.69) is 10.1 Å². The maximum atomic E-state index is 10.9. The van der Waals surface area contributed by atoms with E-state index >= 15 is 0 Å². The van der Waals surface area contributed by atoms with Gasteiger partial charge in [-0.15, -0.1) is 5.10 Å². The molecular weight excluding hydrogens is 256 g/mol. The van der Waals surface area contributed by atoms with E-state index in [0.717, 1.165) is 5.69 Å². The van der Waals surface area contributed by atoms with Gasteiger partial charge in [-0.1, -0.05) is 18.2 Å². The van der Waals surface area contributed by atoms with Crippen molar-refractivity contribution in [3.8, 4) is 0 Å². The van der Waals surface area contributed by atoms with Crippen molar-refractivity contribution in [1.82, 2.24) is 14.6 Å². The van der Waals surface area contributed by atoms with Gasteiger partial charge in [0.15, 0.2) is 17.2 Å². The Balaban J connectivity index is 2.02. The van der Waals surface area contributed by atoms with E-state index in [0.29, 0.717) is 11.5 Å². The summed E-state index contributed by atoms with van der Waals surface area (Å²) >= 11 is 0. The van der Waals surface area contributed by atoms with Gasteiger partial charge in [0.1, 0.15) is 0 Å². The minimum atomic E-state index is -1.06. The molecule has 0 saturated carbocycles. The van der Waals surface area contributed by atoms with E-state index in [4.69, 9.17) is 5.11 Å². The Labute approximate surface area is 114 Å². The predicted octanol–water partition coefficient (Wildman–Crippen LogP) is 2.20. The molecule has 6 nitrogen and oxygen atoms in total. The Morgan fingerprint density at radius 3 is 2.65 bits per heavy atom. The van der Waals surface area contributed by atoms with Gasteiger partial charge < -0.3 is 10.0 Å². The average molecular weight is 268 g/mol. The highest BCUT2D eigenvalue weighted by Gasteiger charge is 2.11. The molecule has 6 heteroatoms. The molecule has 0 atom stereocenters. The molecular formula is C14H12N4O2. The first-order valence-electron chi connectivity index (χ1n) is 6.03. The second-order valence-corrected chi connectivity index (χ2v) is 4.32. The van der Waals surface area contributed by atoms with Crippen molar-refractivity contribution in [2.45, 2.75) is 0 Å². The summed E-state index contributed by atoms with van der Waals surface area (Å²) in [7, 11) is 1.90. The van der Waals surface area contributed by atoms with Crippen molar-refractivity contribution in [1.29, 1.82) is 0 Å². The first kappa shape index (κ1) is 12.2. The highest BCUT2D eigenvalue weighted by atomic mass is 16.4. The molecule has 0 radical (unpaired) electrons. The molecule has 0 amide bonds. The van der Waals surface area contributed by atoms with Crippen LogP contribution in [-0.4, -0.2) is 32.7 Å². The molecule has 3 rings (SSSR count). The van der Waals surface area contributed by atoms with Crippen LogP contribution in [0.2, 0.25) is 0 Å². The van der Waals surface area contributed by atoms with E-state index < -0.39 is 5.97 Å². The predicted molar refractivity (Wildman–Crippen MR) is 74.5 cm³/mol. The van der Waals surface area contributed by atoms with Gasteiger partial charge in [-0.2, -0.15) is 0 Å². The van der Waals surface area contributed by atoms with E-state index in [9.17, 15) is 4.79 Å². The lowest BCUT2D eigenvalue weighted by molar-refractivity contribution is 0.0691. The fraction of sp³-hybridized carbons (Fsp3) is 0.0714. The number of aromatic nitrogens is 3. The maximum Gasteiger partial charge on any atom is 0.356 e. The summed E-state index contributed by atoms with van der Waals surface area (Å²) in [6, 6.07) is 13.3. The van der Waals surface area contributed by atoms with Crippen LogP contribution < -0.4 is 4.90 Å². The summed E-state index contributed by atoms with van der Waals surface area (Å²) in [5.41, 5.74) is 1.49. The zero-order chi connectivity index (χ0) is 14.1. The van der Waals surface area contributed by atoms with Crippen molar-refractivity contribution >= 4 is 23.1 Å². The first-order valence-corrected chi connectivity index (χ1v) is 6.03. The lowest BCUT2D eigenvalue weighted by Gasteiger charge is -2.17. The van der Waals surface area contributed by atoms with Crippen LogP contribution in [0.15, 0.2) is 48.7 Å². The number of fused-ring (bicyclic) bond motifs is 1. The molecule has 0 bridgehead atoms. The SMILES string of the molecule is CN(c1ccccc1)c1ccc2nc(C(=O)O)cn2n1. The quantitative estimate of drug-likeness (QED) is 0.788. The van der Waals surface area contributed by atoms with Crippen LogP contribution >= 0.6 is 0 Å². The van der Waals surface area contributed by atoms with Crippen LogP contribution in [-0.2, 0) is 0 Å². The Morgan fingerprint density at radius 2 is 1.95 bits per heavy atom. The number of carboxylic acids is 1. The standard InChI is InChI=1S/C14H12N4O2/c1-17(10-5-3-2-4-6-10)13-8-7-12-15-11(14(19)20)9-18(12)16-13/h2-9H,1H3,(H,19,20). The third-order valence-electron chi connectivity index (χ3n) is 3.01. The summed E-state index contributed by atoms with van der Waals surface area (Å²) in [4.78, 5) is 16.8. The smallest absolute Gasteiger partial charge is 0.356 e. The van der Waals surface area contributed by atoms with E-state index in [1.54, 1.807) is 12.1 Å². The monoisotopic (exact) mass is 268 g/mol. The number of para-hydroxylation sites is 1. The molecule has 20 heavy (non-hydrogen) atoms. The number of carboxylic acid groups (broad SMARTS) is 1. The van der Waals surface area contributed by atoms with Gasteiger partial charge in [0.2, 0.25) is 0 Å². The van der Waals surface area contributed by atoms with Crippen molar-refractivity contribution in [2.24, 2.45) is 0 Å². The van der Waals surface area contributed by atoms with Crippen LogP contribution in [0.25, 0.3) is 5.65 Å². The van der Waals surface area contributed by atoms with Crippen LogP contribution in [0.4, 0.5) is 11.5 Å². The number of aromatic carboxylic acids is 1. The van der Waals surface area contributed by atoms with Crippen molar-refractivity contribution in [2.75, 3.05) is 11.9 Å². The van der Waals surface area contributed by atoms with Gasteiger partial charge in [-0.3, -0.25) is 0 Å². The molecule has 100 valence electrons. The van der Waals surface area contributed by atoms with Crippen molar-refractivity contribution in [3.05, 3.63) is 54.4 Å². The maximum absolute atomic E-state index is 10.9. The van der Waals surface area contributed by atoms with Crippen LogP contribution in [0.5, 0.6) is 0 Å². The molecule has 0 aliphatic carbocycles. The van der Waals surface area contributed by atoms with Crippen LogP contribution in [0.3, 0.4) is 0 Å². The third kappa shape index (κ3) is 2.07. The van der Waals surface area contributed by atoms with E-state index in [-0.39, 0.29) is 5.69 Å². The lowest BCUT2D eigenvalue weighted by Crippen LogP contribution is -2.12. The van der Waals surface area contributed by atoms with Gasteiger partial charge in [-0.05, 0) is 24.3 Å². The molecule has 0 spiro atoms. The number of hydrogen-bond acceptors (Lipinski definition) is 4. The normalized spacial score (nSPS) is 10.7. The topological polar surface area (TPSA) is 70.7 Å². The minimum absolute atomic E-state index is 0.0167. The molecule has 1 N–H and O–H groups in total. The second-order valence-electron chi connectivity index (χ2n) is 4.32. The molecule has 2 heterocycles. The summed E-state index contributed by atoms with van der Waals surface area (Å²) in [5.74, 6) is -0.355. The summed E-state index contributed by atoms with van der Waals surface area (Å²) < 4.78 is 1.47. The van der Waals surface area contributed by atoms with Gasteiger partial charge in [0.25, 0.3) is 0 Å². The van der Waals surface area contributed by atoms with Gasteiger partial charge in [-0.25, -0.2) is 14.3 Å². The third-order valence-corrected chi connectivity index (χ3v) is 3.01. The molecule has 0 fully saturated rings. The highest BCUT2D eigenvalue weighted by Crippen LogP contribution is 2.21. The number of benzene rings is 1. The minimum Gasteiger partial charge on any atom is -0.476 e. The zero-order valence-corrected chi connectivity index (χ0v) is 10.8. The molecule has 1 aromatic carbocycles. The fourth-order valence-electron chi connectivity index (χ4n) is 1.94. The highest BCUT2D eigenvalue weighted by molar-refractivity contribution is 5.86. The number of carbonyl (C=O) groups is 1.